The number of rotatable bonds is 2. The minimum absolute atomic E-state index is 0.0890. The second kappa shape index (κ2) is 4.70. The average Bonchev–Trinajstić information content (AvgIpc) is 3.00. The van der Waals surface area contributed by atoms with Crippen LogP contribution in [-0.2, 0) is 4.79 Å². The van der Waals surface area contributed by atoms with Gasteiger partial charge in [-0.25, -0.2) is 4.98 Å². The first-order valence-corrected chi connectivity index (χ1v) is 7.46. The zero-order valence-corrected chi connectivity index (χ0v) is 12.4. The molecule has 1 unspecified atom stereocenters. The zero-order chi connectivity index (χ0) is 15.2. The second-order valence-corrected chi connectivity index (χ2v) is 6.70. The van der Waals surface area contributed by atoms with E-state index in [4.69, 9.17) is 11.5 Å². The summed E-state index contributed by atoms with van der Waals surface area (Å²) in [5.41, 5.74) is 11.8. The standard InChI is InChI=1S/C14H16N4O2S/c1-14(12(15)20)4-5-18(7-14)11(19)8-2-3-9-10(6-8)21-13(16)17-9/h2-3,6H,4-5,7H2,1H3,(H2,15,20)(H2,16,17). The van der Waals surface area contributed by atoms with E-state index in [0.717, 1.165) is 10.2 Å². The summed E-state index contributed by atoms with van der Waals surface area (Å²) in [7, 11) is 0. The molecule has 2 amide bonds. The second-order valence-electron chi connectivity index (χ2n) is 5.64. The topological polar surface area (TPSA) is 102 Å². The monoisotopic (exact) mass is 304 g/mol. The van der Waals surface area contributed by atoms with Gasteiger partial charge in [0.15, 0.2) is 5.13 Å². The van der Waals surface area contributed by atoms with Crippen LogP contribution in [-0.4, -0.2) is 34.8 Å². The number of aromatic nitrogens is 1. The van der Waals surface area contributed by atoms with Crippen LogP contribution in [0.15, 0.2) is 18.2 Å². The molecule has 3 rings (SSSR count). The van der Waals surface area contributed by atoms with Crippen LogP contribution in [0.4, 0.5) is 5.13 Å². The van der Waals surface area contributed by atoms with Crippen LogP contribution in [0.5, 0.6) is 0 Å². The average molecular weight is 304 g/mol. The molecule has 2 aromatic rings. The van der Waals surface area contributed by atoms with Crippen molar-refractivity contribution in [2.24, 2.45) is 11.1 Å². The lowest BCUT2D eigenvalue weighted by molar-refractivity contribution is -0.126. The number of hydrogen-bond acceptors (Lipinski definition) is 5. The SMILES string of the molecule is CC1(C(N)=O)CCN(C(=O)c2ccc3nc(N)sc3c2)C1. The molecule has 0 saturated carbocycles. The van der Waals surface area contributed by atoms with E-state index in [1.165, 1.54) is 11.3 Å². The first-order valence-electron chi connectivity index (χ1n) is 6.64. The Bertz CT molecular complexity index is 742. The summed E-state index contributed by atoms with van der Waals surface area (Å²) in [5, 5.41) is 0.483. The molecular weight excluding hydrogens is 288 g/mol. The van der Waals surface area contributed by atoms with E-state index in [1.54, 1.807) is 30.0 Å². The van der Waals surface area contributed by atoms with Gasteiger partial charge < -0.3 is 16.4 Å². The van der Waals surface area contributed by atoms with Gasteiger partial charge in [-0.2, -0.15) is 0 Å². The van der Waals surface area contributed by atoms with Gasteiger partial charge in [-0.3, -0.25) is 9.59 Å². The number of carbonyl (C=O) groups is 2. The maximum Gasteiger partial charge on any atom is 0.253 e. The highest BCUT2D eigenvalue weighted by molar-refractivity contribution is 7.22. The third-order valence-electron chi connectivity index (χ3n) is 4.01. The van der Waals surface area contributed by atoms with Crippen molar-refractivity contribution in [1.29, 1.82) is 0 Å². The summed E-state index contributed by atoms with van der Waals surface area (Å²) in [6, 6.07) is 5.33. The molecule has 0 spiro atoms. The molecular formula is C14H16N4O2S. The van der Waals surface area contributed by atoms with Crippen LogP contribution < -0.4 is 11.5 Å². The quantitative estimate of drug-likeness (QED) is 0.870. The number of likely N-dealkylation sites (tertiary alicyclic amines) is 1. The van der Waals surface area contributed by atoms with Gasteiger partial charge in [-0.15, -0.1) is 0 Å². The van der Waals surface area contributed by atoms with E-state index < -0.39 is 5.41 Å². The summed E-state index contributed by atoms with van der Waals surface area (Å²) >= 11 is 1.35. The number of hydrogen-bond donors (Lipinski definition) is 2. The van der Waals surface area contributed by atoms with Gasteiger partial charge in [-0.1, -0.05) is 11.3 Å². The molecule has 1 aromatic heterocycles. The lowest BCUT2D eigenvalue weighted by Crippen LogP contribution is -2.38. The molecule has 2 heterocycles. The molecule has 1 saturated heterocycles. The highest BCUT2D eigenvalue weighted by Gasteiger charge is 2.40. The first kappa shape index (κ1) is 13.8. The van der Waals surface area contributed by atoms with E-state index in [2.05, 4.69) is 4.98 Å². The molecule has 0 bridgehead atoms. The van der Waals surface area contributed by atoms with Gasteiger partial charge in [0.05, 0.1) is 15.6 Å². The number of fused-ring (bicyclic) bond motifs is 1. The number of carbonyl (C=O) groups excluding carboxylic acids is 2. The fourth-order valence-corrected chi connectivity index (χ4v) is 3.37. The van der Waals surface area contributed by atoms with Gasteiger partial charge in [0, 0.05) is 18.7 Å². The Morgan fingerprint density at radius 3 is 2.86 bits per heavy atom. The Labute approximate surface area is 125 Å². The first-order chi connectivity index (χ1) is 9.89. The molecule has 4 N–H and O–H groups in total. The Kier molecular flexibility index (Phi) is 3.09. The van der Waals surface area contributed by atoms with E-state index in [9.17, 15) is 9.59 Å². The summed E-state index contributed by atoms with van der Waals surface area (Å²) < 4.78 is 0.884. The van der Waals surface area contributed by atoms with Crippen LogP contribution in [0.2, 0.25) is 0 Å². The van der Waals surface area contributed by atoms with Crippen molar-refractivity contribution >= 4 is 38.5 Å². The third kappa shape index (κ3) is 2.33. The number of nitrogens with two attached hydrogens (primary N) is 2. The summed E-state index contributed by atoms with van der Waals surface area (Å²) in [6.07, 6.45) is 0.601. The number of nitrogen functional groups attached to an aromatic ring is 1. The van der Waals surface area contributed by atoms with Crippen molar-refractivity contribution in [2.45, 2.75) is 13.3 Å². The summed E-state index contributed by atoms with van der Waals surface area (Å²) in [6.45, 7) is 2.71. The van der Waals surface area contributed by atoms with E-state index in [1.807, 2.05) is 0 Å². The van der Waals surface area contributed by atoms with Crippen LogP contribution >= 0.6 is 11.3 Å². The third-order valence-corrected chi connectivity index (χ3v) is 4.85. The number of benzene rings is 1. The van der Waals surface area contributed by atoms with Crippen molar-refractivity contribution in [2.75, 3.05) is 18.8 Å². The number of anilines is 1. The molecule has 1 fully saturated rings. The molecule has 1 aliphatic rings. The largest absolute Gasteiger partial charge is 0.375 e. The van der Waals surface area contributed by atoms with Gasteiger partial charge in [0.1, 0.15) is 0 Å². The minimum atomic E-state index is -0.630. The van der Waals surface area contributed by atoms with Crippen LogP contribution in [0.25, 0.3) is 10.2 Å². The van der Waals surface area contributed by atoms with Gasteiger partial charge in [0.2, 0.25) is 5.91 Å². The van der Waals surface area contributed by atoms with Crippen LogP contribution in [0.3, 0.4) is 0 Å². The Balaban J connectivity index is 1.86. The fourth-order valence-electron chi connectivity index (χ4n) is 2.59. The maximum absolute atomic E-state index is 12.5. The lowest BCUT2D eigenvalue weighted by Gasteiger charge is -2.21. The molecule has 110 valence electrons. The molecule has 0 radical (unpaired) electrons. The van der Waals surface area contributed by atoms with E-state index >= 15 is 0 Å². The molecule has 6 nitrogen and oxygen atoms in total. The van der Waals surface area contributed by atoms with Crippen molar-refractivity contribution in [3.63, 3.8) is 0 Å². The number of thiazole rings is 1. The predicted octanol–water partition coefficient (Wildman–Crippen LogP) is 1.22. The predicted molar refractivity (Wildman–Crippen MR) is 81.9 cm³/mol. The normalized spacial score (nSPS) is 21.9. The van der Waals surface area contributed by atoms with Crippen molar-refractivity contribution in [3.8, 4) is 0 Å². The lowest BCUT2D eigenvalue weighted by atomic mass is 9.89. The Hall–Kier alpha value is -2.15. The smallest absolute Gasteiger partial charge is 0.253 e. The molecule has 0 aliphatic carbocycles. The Morgan fingerprint density at radius 1 is 1.43 bits per heavy atom. The van der Waals surface area contributed by atoms with Crippen LogP contribution in [0.1, 0.15) is 23.7 Å². The summed E-state index contributed by atoms with van der Waals surface area (Å²) in [4.78, 5) is 29.8. The minimum Gasteiger partial charge on any atom is -0.375 e. The highest BCUT2D eigenvalue weighted by atomic mass is 32.1. The number of amides is 2. The van der Waals surface area contributed by atoms with Crippen molar-refractivity contribution < 1.29 is 9.59 Å². The molecule has 1 atom stereocenters. The fraction of sp³-hybridized carbons (Fsp3) is 0.357. The molecule has 1 aromatic carbocycles. The van der Waals surface area contributed by atoms with Crippen LogP contribution in [0, 0.1) is 5.41 Å². The zero-order valence-electron chi connectivity index (χ0n) is 11.6. The van der Waals surface area contributed by atoms with E-state index in [0.29, 0.717) is 30.2 Å². The van der Waals surface area contributed by atoms with Crippen molar-refractivity contribution in [3.05, 3.63) is 23.8 Å². The maximum atomic E-state index is 12.5. The highest BCUT2D eigenvalue weighted by Crippen LogP contribution is 2.31. The van der Waals surface area contributed by atoms with E-state index in [-0.39, 0.29) is 11.8 Å². The molecule has 21 heavy (non-hydrogen) atoms. The number of primary amides is 1. The molecule has 1 aliphatic heterocycles. The molecule has 7 heteroatoms. The van der Waals surface area contributed by atoms with Gasteiger partial charge in [-0.05, 0) is 31.5 Å². The summed E-state index contributed by atoms with van der Waals surface area (Å²) in [5.74, 6) is -0.447. The Morgan fingerprint density at radius 2 is 2.19 bits per heavy atom. The van der Waals surface area contributed by atoms with Gasteiger partial charge >= 0.3 is 0 Å². The number of nitrogens with zero attached hydrogens (tertiary/aromatic N) is 2. The van der Waals surface area contributed by atoms with Crippen molar-refractivity contribution in [1.82, 2.24) is 9.88 Å². The van der Waals surface area contributed by atoms with Gasteiger partial charge in [0.25, 0.3) is 5.91 Å².